The summed E-state index contributed by atoms with van der Waals surface area (Å²) in [4.78, 5) is 22.3. The van der Waals surface area contributed by atoms with Crippen molar-refractivity contribution in [3.05, 3.63) is 75.8 Å². The molecule has 126 valence electrons. The van der Waals surface area contributed by atoms with Crippen LogP contribution in [-0.4, -0.2) is 28.4 Å². The molecule has 2 aromatic carbocycles. The number of hydrogen-bond acceptors (Lipinski definition) is 5. The number of rotatable bonds is 8. The molecule has 24 heavy (non-hydrogen) atoms. The number of hydrogen-bond donors (Lipinski definition) is 2. The molecule has 2 N–H and O–H groups in total. The van der Waals surface area contributed by atoms with Gasteiger partial charge in [0.15, 0.2) is 5.78 Å². The molecule has 0 spiro atoms. The maximum atomic E-state index is 12.1. The van der Waals surface area contributed by atoms with Crippen LogP contribution in [0.4, 0.5) is 5.69 Å². The maximum absolute atomic E-state index is 12.1. The Labute approximate surface area is 140 Å². The van der Waals surface area contributed by atoms with Gasteiger partial charge in [0.1, 0.15) is 0 Å². The Hall–Kier alpha value is -2.57. The molecule has 0 saturated carbocycles. The number of aliphatic hydroxyl groups is 1. The predicted molar refractivity (Wildman–Crippen MR) is 90.9 cm³/mol. The predicted octanol–water partition coefficient (Wildman–Crippen LogP) is 2.88. The summed E-state index contributed by atoms with van der Waals surface area (Å²) in [5, 5.41) is 24.1. The molecule has 2 rings (SSSR count). The first-order chi connectivity index (χ1) is 11.5. The fourth-order valence-electron chi connectivity index (χ4n) is 2.40. The van der Waals surface area contributed by atoms with E-state index in [0.717, 1.165) is 5.56 Å². The molecule has 0 aliphatic heterocycles. The van der Waals surface area contributed by atoms with Crippen LogP contribution in [0.5, 0.6) is 0 Å². The molecule has 6 nitrogen and oxygen atoms in total. The zero-order chi connectivity index (χ0) is 17.5. The summed E-state index contributed by atoms with van der Waals surface area (Å²) < 4.78 is 0. The van der Waals surface area contributed by atoms with E-state index in [1.807, 2.05) is 37.3 Å². The standard InChI is InChI=1S/C18H20N2O4/c1-13(18(22)14-6-3-2-4-7-14)19-11-10-17(21)15-8-5-9-16(12-15)20(23)24/h2-9,12-13,18-19,22H,10-11H2,1H3. The number of nitrogens with one attached hydrogen (secondary N) is 1. The van der Waals surface area contributed by atoms with Gasteiger partial charge >= 0.3 is 0 Å². The average molecular weight is 328 g/mol. The second-order valence-electron chi connectivity index (χ2n) is 5.58. The average Bonchev–Trinajstić information content (AvgIpc) is 2.61. The molecule has 0 aliphatic rings. The Balaban J connectivity index is 1.86. The fraction of sp³-hybridized carbons (Fsp3) is 0.278. The number of ketones is 1. The van der Waals surface area contributed by atoms with Gasteiger partial charge < -0.3 is 10.4 Å². The number of benzene rings is 2. The smallest absolute Gasteiger partial charge is 0.270 e. The third-order valence-corrected chi connectivity index (χ3v) is 3.81. The SMILES string of the molecule is CC(NCCC(=O)c1cccc([N+](=O)[O-])c1)C(O)c1ccccc1. The molecule has 0 aromatic heterocycles. The Morgan fingerprint density at radius 1 is 1.21 bits per heavy atom. The summed E-state index contributed by atoms with van der Waals surface area (Å²) in [6, 6.07) is 14.8. The second kappa shape index (κ2) is 8.33. The minimum atomic E-state index is -0.667. The van der Waals surface area contributed by atoms with Gasteiger partial charge in [-0.25, -0.2) is 0 Å². The minimum absolute atomic E-state index is 0.0957. The Bertz CT molecular complexity index is 703. The third kappa shape index (κ3) is 4.71. The largest absolute Gasteiger partial charge is 0.387 e. The summed E-state index contributed by atoms with van der Waals surface area (Å²) in [6.07, 6.45) is -0.466. The van der Waals surface area contributed by atoms with Crippen LogP contribution in [-0.2, 0) is 0 Å². The minimum Gasteiger partial charge on any atom is -0.387 e. The lowest BCUT2D eigenvalue weighted by atomic mass is 10.0. The van der Waals surface area contributed by atoms with E-state index in [-0.39, 0.29) is 23.9 Å². The molecule has 0 amide bonds. The van der Waals surface area contributed by atoms with Crippen molar-refractivity contribution >= 4 is 11.5 Å². The molecule has 0 heterocycles. The summed E-state index contributed by atoms with van der Waals surface area (Å²) in [6.45, 7) is 2.22. The molecule has 2 atom stereocenters. The van der Waals surface area contributed by atoms with Crippen LogP contribution in [0.25, 0.3) is 0 Å². The Morgan fingerprint density at radius 2 is 1.92 bits per heavy atom. The van der Waals surface area contributed by atoms with Crippen molar-refractivity contribution in [3.8, 4) is 0 Å². The van der Waals surface area contributed by atoms with Crippen LogP contribution < -0.4 is 5.32 Å². The first-order valence-electron chi connectivity index (χ1n) is 7.73. The number of nitrogens with zero attached hydrogens (tertiary/aromatic N) is 1. The summed E-state index contributed by atoms with van der Waals surface area (Å²) in [7, 11) is 0. The zero-order valence-corrected chi connectivity index (χ0v) is 13.4. The van der Waals surface area contributed by atoms with Gasteiger partial charge in [0.05, 0.1) is 11.0 Å². The summed E-state index contributed by atoms with van der Waals surface area (Å²) >= 11 is 0. The van der Waals surface area contributed by atoms with Crippen molar-refractivity contribution < 1.29 is 14.8 Å². The number of Topliss-reactive ketones (excluding diaryl/α,β-unsaturated/α-hetero) is 1. The molecule has 0 bridgehead atoms. The van der Waals surface area contributed by atoms with Crippen LogP contribution in [0, 0.1) is 10.1 Å². The number of carbonyl (C=O) groups is 1. The quantitative estimate of drug-likeness (QED) is 0.441. The van der Waals surface area contributed by atoms with E-state index in [1.165, 1.54) is 18.2 Å². The number of nitro groups is 1. The van der Waals surface area contributed by atoms with E-state index < -0.39 is 11.0 Å². The highest BCUT2D eigenvalue weighted by atomic mass is 16.6. The van der Waals surface area contributed by atoms with Gasteiger partial charge in [0.25, 0.3) is 5.69 Å². The van der Waals surface area contributed by atoms with Crippen molar-refractivity contribution in [2.75, 3.05) is 6.54 Å². The number of carbonyl (C=O) groups excluding carboxylic acids is 1. The molecule has 0 fully saturated rings. The van der Waals surface area contributed by atoms with Crippen molar-refractivity contribution in [2.24, 2.45) is 0 Å². The van der Waals surface area contributed by atoms with E-state index in [4.69, 9.17) is 0 Å². The van der Waals surface area contributed by atoms with Crippen LogP contribution in [0.2, 0.25) is 0 Å². The van der Waals surface area contributed by atoms with Crippen molar-refractivity contribution in [3.63, 3.8) is 0 Å². The number of nitro benzene ring substituents is 1. The van der Waals surface area contributed by atoms with Crippen molar-refractivity contribution in [2.45, 2.75) is 25.5 Å². The van der Waals surface area contributed by atoms with Gasteiger partial charge in [0, 0.05) is 36.7 Å². The molecule has 0 aliphatic carbocycles. The normalized spacial score (nSPS) is 13.2. The number of aliphatic hydroxyl groups excluding tert-OH is 1. The van der Waals surface area contributed by atoms with Crippen molar-refractivity contribution in [1.29, 1.82) is 0 Å². The van der Waals surface area contributed by atoms with Gasteiger partial charge in [-0.15, -0.1) is 0 Å². The highest BCUT2D eigenvalue weighted by molar-refractivity contribution is 5.96. The molecule has 2 unspecified atom stereocenters. The van der Waals surface area contributed by atoms with E-state index >= 15 is 0 Å². The Kier molecular flexibility index (Phi) is 6.17. The zero-order valence-electron chi connectivity index (χ0n) is 13.4. The van der Waals surface area contributed by atoms with Gasteiger partial charge in [-0.2, -0.15) is 0 Å². The van der Waals surface area contributed by atoms with Crippen LogP contribution in [0.3, 0.4) is 0 Å². The topological polar surface area (TPSA) is 92.5 Å². The number of non-ortho nitro benzene ring substituents is 1. The lowest BCUT2D eigenvalue weighted by molar-refractivity contribution is -0.384. The van der Waals surface area contributed by atoms with E-state index in [9.17, 15) is 20.0 Å². The third-order valence-electron chi connectivity index (χ3n) is 3.81. The second-order valence-corrected chi connectivity index (χ2v) is 5.58. The van der Waals surface area contributed by atoms with E-state index in [1.54, 1.807) is 6.07 Å². The van der Waals surface area contributed by atoms with Gasteiger partial charge in [-0.1, -0.05) is 42.5 Å². The highest BCUT2D eigenvalue weighted by Crippen LogP contribution is 2.17. The van der Waals surface area contributed by atoms with E-state index in [0.29, 0.717) is 12.1 Å². The summed E-state index contributed by atoms with van der Waals surface area (Å²) in [5.41, 5.74) is 1.03. The first kappa shape index (κ1) is 17.8. The molecule has 6 heteroatoms. The summed E-state index contributed by atoms with van der Waals surface area (Å²) in [5.74, 6) is -0.174. The lowest BCUT2D eigenvalue weighted by Gasteiger charge is -2.20. The van der Waals surface area contributed by atoms with Gasteiger partial charge in [-0.3, -0.25) is 14.9 Å². The molecule has 2 aromatic rings. The monoisotopic (exact) mass is 328 g/mol. The van der Waals surface area contributed by atoms with Gasteiger partial charge in [-0.05, 0) is 12.5 Å². The Morgan fingerprint density at radius 3 is 2.58 bits per heavy atom. The lowest BCUT2D eigenvalue weighted by Crippen LogP contribution is -2.33. The van der Waals surface area contributed by atoms with Crippen LogP contribution in [0.15, 0.2) is 54.6 Å². The van der Waals surface area contributed by atoms with E-state index in [2.05, 4.69) is 5.32 Å². The van der Waals surface area contributed by atoms with Crippen molar-refractivity contribution in [1.82, 2.24) is 5.32 Å². The fourth-order valence-corrected chi connectivity index (χ4v) is 2.40. The highest BCUT2D eigenvalue weighted by Gasteiger charge is 2.16. The van der Waals surface area contributed by atoms with Crippen LogP contribution in [0.1, 0.15) is 35.4 Å². The molecular weight excluding hydrogens is 308 g/mol. The van der Waals surface area contributed by atoms with Gasteiger partial charge in [0.2, 0.25) is 0 Å². The maximum Gasteiger partial charge on any atom is 0.270 e. The first-order valence-corrected chi connectivity index (χ1v) is 7.73. The van der Waals surface area contributed by atoms with Crippen LogP contribution >= 0.6 is 0 Å². The molecular formula is C18H20N2O4. The molecule has 0 radical (unpaired) electrons. The molecule has 0 saturated heterocycles.